The first-order valence-corrected chi connectivity index (χ1v) is 7.02. The Bertz CT molecular complexity index is 243. The standard InChI is InChI=1S/C13H25N3O/c14-15-13(17)12-6-4-11(5-7-12)10-16-8-2-1-3-9-16/h11-12H,1-10,14H2,(H,15,17). The Balaban J connectivity index is 1.69. The van der Waals surface area contributed by atoms with Crippen molar-refractivity contribution in [1.29, 1.82) is 0 Å². The molecule has 1 saturated carbocycles. The van der Waals surface area contributed by atoms with Crippen LogP contribution in [0.5, 0.6) is 0 Å². The van der Waals surface area contributed by atoms with Gasteiger partial charge in [0.1, 0.15) is 0 Å². The molecule has 1 saturated heterocycles. The summed E-state index contributed by atoms with van der Waals surface area (Å²) in [4.78, 5) is 14.0. The lowest BCUT2D eigenvalue weighted by molar-refractivity contribution is -0.126. The summed E-state index contributed by atoms with van der Waals surface area (Å²) < 4.78 is 0. The Morgan fingerprint density at radius 3 is 2.35 bits per heavy atom. The molecule has 0 bridgehead atoms. The molecule has 1 aliphatic heterocycles. The molecule has 17 heavy (non-hydrogen) atoms. The predicted octanol–water partition coefficient (Wildman–Crippen LogP) is 1.27. The van der Waals surface area contributed by atoms with Crippen LogP contribution in [0.15, 0.2) is 0 Å². The molecule has 0 aromatic heterocycles. The van der Waals surface area contributed by atoms with E-state index >= 15 is 0 Å². The van der Waals surface area contributed by atoms with E-state index in [1.165, 1.54) is 51.7 Å². The number of carbonyl (C=O) groups excluding carboxylic acids is 1. The van der Waals surface area contributed by atoms with Crippen molar-refractivity contribution in [3.8, 4) is 0 Å². The molecule has 0 radical (unpaired) electrons. The number of hydrogen-bond acceptors (Lipinski definition) is 3. The van der Waals surface area contributed by atoms with Gasteiger partial charge in [0, 0.05) is 12.5 Å². The molecule has 3 N–H and O–H groups in total. The van der Waals surface area contributed by atoms with Gasteiger partial charge in [-0.15, -0.1) is 0 Å². The van der Waals surface area contributed by atoms with Gasteiger partial charge in [-0.25, -0.2) is 5.84 Å². The van der Waals surface area contributed by atoms with Crippen molar-refractivity contribution in [2.45, 2.75) is 44.9 Å². The lowest BCUT2D eigenvalue weighted by Gasteiger charge is -2.33. The molecule has 1 amide bonds. The second-order valence-corrected chi connectivity index (χ2v) is 5.59. The zero-order chi connectivity index (χ0) is 12.1. The van der Waals surface area contributed by atoms with Crippen molar-refractivity contribution >= 4 is 5.91 Å². The van der Waals surface area contributed by atoms with E-state index < -0.39 is 0 Å². The Hall–Kier alpha value is -0.610. The van der Waals surface area contributed by atoms with Gasteiger partial charge in [0.25, 0.3) is 0 Å². The van der Waals surface area contributed by atoms with E-state index in [0.29, 0.717) is 0 Å². The summed E-state index contributed by atoms with van der Waals surface area (Å²) in [6, 6.07) is 0. The molecule has 0 spiro atoms. The van der Waals surface area contributed by atoms with E-state index in [0.717, 1.165) is 18.8 Å². The van der Waals surface area contributed by atoms with Gasteiger partial charge in [-0.05, 0) is 57.5 Å². The van der Waals surface area contributed by atoms with E-state index in [-0.39, 0.29) is 11.8 Å². The normalized spacial score (nSPS) is 31.1. The van der Waals surface area contributed by atoms with Crippen LogP contribution >= 0.6 is 0 Å². The van der Waals surface area contributed by atoms with Crippen LogP contribution in [0.4, 0.5) is 0 Å². The average Bonchev–Trinajstić information content (AvgIpc) is 2.40. The molecule has 0 unspecified atom stereocenters. The third-order valence-corrected chi connectivity index (χ3v) is 4.32. The van der Waals surface area contributed by atoms with Crippen LogP contribution in [0.25, 0.3) is 0 Å². The first-order valence-electron chi connectivity index (χ1n) is 7.02. The van der Waals surface area contributed by atoms with Gasteiger partial charge < -0.3 is 4.90 Å². The number of hydrogen-bond donors (Lipinski definition) is 2. The minimum Gasteiger partial charge on any atom is -0.303 e. The fourth-order valence-electron chi connectivity index (χ4n) is 3.23. The molecule has 98 valence electrons. The highest BCUT2D eigenvalue weighted by Gasteiger charge is 2.27. The quantitative estimate of drug-likeness (QED) is 0.443. The molecule has 1 aliphatic carbocycles. The molecular formula is C13H25N3O. The van der Waals surface area contributed by atoms with E-state index in [4.69, 9.17) is 5.84 Å². The first kappa shape index (κ1) is 12.8. The number of nitrogens with zero attached hydrogens (tertiary/aromatic N) is 1. The van der Waals surface area contributed by atoms with Crippen molar-refractivity contribution in [3.63, 3.8) is 0 Å². The maximum Gasteiger partial charge on any atom is 0.236 e. The highest BCUT2D eigenvalue weighted by Crippen LogP contribution is 2.29. The first-order chi connectivity index (χ1) is 8.29. The molecule has 0 aromatic carbocycles. The van der Waals surface area contributed by atoms with Gasteiger partial charge >= 0.3 is 0 Å². The number of likely N-dealkylation sites (tertiary alicyclic amines) is 1. The van der Waals surface area contributed by atoms with Crippen molar-refractivity contribution in [2.75, 3.05) is 19.6 Å². The van der Waals surface area contributed by atoms with E-state index in [1.807, 2.05) is 0 Å². The van der Waals surface area contributed by atoms with Crippen molar-refractivity contribution in [3.05, 3.63) is 0 Å². The van der Waals surface area contributed by atoms with E-state index in [2.05, 4.69) is 10.3 Å². The number of nitrogens with one attached hydrogen (secondary N) is 1. The summed E-state index contributed by atoms with van der Waals surface area (Å²) in [5.41, 5.74) is 2.28. The number of nitrogens with two attached hydrogens (primary N) is 1. The van der Waals surface area contributed by atoms with Gasteiger partial charge in [0.2, 0.25) is 5.91 Å². The lowest BCUT2D eigenvalue weighted by Crippen LogP contribution is -2.39. The maximum absolute atomic E-state index is 11.4. The second-order valence-electron chi connectivity index (χ2n) is 5.59. The van der Waals surface area contributed by atoms with Gasteiger partial charge in [0.05, 0.1) is 0 Å². The Labute approximate surface area is 104 Å². The molecule has 2 aliphatic rings. The summed E-state index contributed by atoms with van der Waals surface area (Å²) >= 11 is 0. The third kappa shape index (κ3) is 3.68. The molecule has 0 atom stereocenters. The molecule has 4 heteroatoms. The van der Waals surface area contributed by atoms with Crippen LogP contribution in [-0.2, 0) is 4.79 Å². The summed E-state index contributed by atoms with van der Waals surface area (Å²) in [6.07, 6.45) is 8.54. The Kier molecular flexibility index (Phi) is 4.80. The summed E-state index contributed by atoms with van der Waals surface area (Å²) in [7, 11) is 0. The van der Waals surface area contributed by atoms with E-state index in [1.54, 1.807) is 0 Å². The van der Waals surface area contributed by atoms with Gasteiger partial charge in [-0.1, -0.05) is 6.42 Å². The van der Waals surface area contributed by atoms with Gasteiger partial charge in [-0.2, -0.15) is 0 Å². The Morgan fingerprint density at radius 1 is 1.12 bits per heavy atom. The minimum absolute atomic E-state index is 0.0291. The third-order valence-electron chi connectivity index (χ3n) is 4.32. The zero-order valence-electron chi connectivity index (χ0n) is 10.7. The number of hydrazine groups is 1. The van der Waals surface area contributed by atoms with Crippen molar-refractivity contribution in [1.82, 2.24) is 10.3 Å². The minimum atomic E-state index is 0.0291. The Morgan fingerprint density at radius 2 is 1.76 bits per heavy atom. The van der Waals surface area contributed by atoms with Gasteiger partial charge in [0.15, 0.2) is 0 Å². The van der Waals surface area contributed by atoms with Crippen molar-refractivity contribution in [2.24, 2.45) is 17.7 Å². The predicted molar refractivity (Wildman–Crippen MR) is 68.1 cm³/mol. The molecule has 1 heterocycles. The summed E-state index contributed by atoms with van der Waals surface area (Å²) in [6.45, 7) is 3.81. The van der Waals surface area contributed by atoms with Gasteiger partial charge in [-0.3, -0.25) is 10.2 Å². The van der Waals surface area contributed by atoms with Crippen LogP contribution in [0.3, 0.4) is 0 Å². The number of piperidine rings is 1. The zero-order valence-corrected chi connectivity index (χ0v) is 10.7. The fraction of sp³-hybridized carbons (Fsp3) is 0.923. The monoisotopic (exact) mass is 239 g/mol. The SMILES string of the molecule is NNC(=O)C1CCC(CN2CCCCC2)CC1. The highest BCUT2D eigenvalue weighted by atomic mass is 16.2. The number of amides is 1. The molecule has 4 nitrogen and oxygen atoms in total. The van der Waals surface area contributed by atoms with E-state index in [9.17, 15) is 4.79 Å². The van der Waals surface area contributed by atoms with Crippen LogP contribution in [0, 0.1) is 11.8 Å². The smallest absolute Gasteiger partial charge is 0.236 e. The maximum atomic E-state index is 11.4. The van der Waals surface area contributed by atoms with Crippen LogP contribution < -0.4 is 11.3 Å². The summed E-state index contributed by atoms with van der Waals surface area (Å²) in [5.74, 6) is 6.17. The highest BCUT2D eigenvalue weighted by molar-refractivity contribution is 5.77. The summed E-state index contributed by atoms with van der Waals surface area (Å²) in [5, 5.41) is 0. The topological polar surface area (TPSA) is 58.4 Å². The van der Waals surface area contributed by atoms with Crippen LogP contribution in [0.2, 0.25) is 0 Å². The molecular weight excluding hydrogens is 214 g/mol. The van der Waals surface area contributed by atoms with Crippen molar-refractivity contribution < 1.29 is 4.79 Å². The molecule has 0 aromatic rings. The van der Waals surface area contributed by atoms with Crippen LogP contribution in [-0.4, -0.2) is 30.4 Å². The number of carbonyl (C=O) groups is 1. The molecule has 2 fully saturated rings. The van der Waals surface area contributed by atoms with Crippen LogP contribution in [0.1, 0.15) is 44.9 Å². The largest absolute Gasteiger partial charge is 0.303 e. The molecule has 2 rings (SSSR count). The fourth-order valence-corrected chi connectivity index (χ4v) is 3.23. The lowest BCUT2D eigenvalue weighted by atomic mass is 9.81. The number of rotatable bonds is 3. The second kappa shape index (κ2) is 6.36. The average molecular weight is 239 g/mol.